The minimum Gasteiger partial charge on any atom is -0.292 e. The molecule has 1 heterocycles. The highest BCUT2D eigenvalue weighted by Gasteiger charge is 2.27. The first-order valence-electron chi connectivity index (χ1n) is 5.93. The van der Waals surface area contributed by atoms with Crippen LogP contribution in [0.2, 0.25) is 0 Å². The first-order chi connectivity index (χ1) is 8.08. The minimum absolute atomic E-state index is 0.156. The molecule has 2 nitrogen and oxygen atoms in total. The highest BCUT2D eigenvalue weighted by molar-refractivity contribution is 9.11. The van der Waals surface area contributed by atoms with E-state index in [0.717, 1.165) is 28.2 Å². The van der Waals surface area contributed by atoms with Gasteiger partial charge in [0, 0.05) is 21.1 Å². The first kappa shape index (κ1) is 13.2. The Morgan fingerprint density at radius 1 is 1.41 bits per heavy atom. The normalized spacial score (nSPS) is 24.6. The van der Waals surface area contributed by atoms with Crippen LogP contribution in [0.4, 0.5) is 0 Å². The summed E-state index contributed by atoms with van der Waals surface area (Å²) in [6.07, 6.45) is 6.10. The molecule has 1 aromatic heterocycles. The van der Waals surface area contributed by atoms with Crippen molar-refractivity contribution in [3.63, 3.8) is 0 Å². The summed E-state index contributed by atoms with van der Waals surface area (Å²) < 4.78 is 1.67. The van der Waals surface area contributed by atoms with Crippen molar-refractivity contribution in [2.45, 2.75) is 32.6 Å². The van der Waals surface area contributed by atoms with E-state index in [9.17, 15) is 4.79 Å². The van der Waals surface area contributed by atoms with Crippen LogP contribution in [0.1, 0.15) is 43.1 Å². The predicted molar refractivity (Wildman–Crippen MR) is 75.1 cm³/mol. The van der Waals surface area contributed by atoms with Crippen molar-refractivity contribution in [3.8, 4) is 0 Å². The summed E-state index contributed by atoms with van der Waals surface area (Å²) in [6.45, 7) is 2.23. The van der Waals surface area contributed by atoms with Gasteiger partial charge in [-0.3, -0.25) is 9.78 Å². The van der Waals surface area contributed by atoms with Crippen molar-refractivity contribution in [2.75, 3.05) is 0 Å². The van der Waals surface area contributed by atoms with Gasteiger partial charge in [0.25, 0.3) is 0 Å². The SMILES string of the molecule is CC1CCCC(C(=O)c2ncc(Br)cc2Br)C1. The van der Waals surface area contributed by atoms with Gasteiger partial charge in [-0.1, -0.05) is 19.8 Å². The van der Waals surface area contributed by atoms with Crippen molar-refractivity contribution in [3.05, 3.63) is 26.9 Å². The van der Waals surface area contributed by atoms with Gasteiger partial charge < -0.3 is 0 Å². The molecular weight excluding hydrogens is 346 g/mol. The lowest BCUT2D eigenvalue weighted by Crippen LogP contribution is -2.23. The number of halogens is 2. The number of ketones is 1. The summed E-state index contributed by atoms with van der Waals surface area (Å²) in [4.78, 5) is 16.6. The van der Waals surface area contributed by atoms with Crippen molar-refractivity contribution in [2.24, 2.45) is 11.8 Å². The third-order valence-electron chi connectivity index (χ3n) is 3.35. The van der Waals surface area contributed by atoms with E-state index < -0.39 is 0 Å². The third kappa shape index (κ3) is 3.16. The average Bonchev–Trinajstić information content (AvgIpc) is 2.28. The minimum atomic E-state index is 0.156. The summed E-state index contributed by atoms with van der Waals surface area (Å²) in [5.74, 6) is 1.01. The molecule has 2 atom stereocenters. The second-order valence-electron chi connectivity index (χ2n) is 4.82. The Labute approximate surface area is 118 Å². The maximum Gasteiger partial charge on any atom is 0.185 e. The molecule has 0 amide bonds. The molecule has 92 valence electrons. The maximum absolute atomic E-state index is 12.4. The Morgan fingerprint density at radius 2 is 2.18 bits per heavy atom. The molecule has 2 unspecified atom stereocenters. The van der Waals surface area contributed by atoms with Gasteiger partial charge >= 0.3 is 0 Å². The number of aromatic nitrogens is 1. The van der Waals surface area contributed by atoms with Crippen LogP contribution in [0.5, 0.6) is 0 Å². The molecule has 0 saturated heterocycles. The van der Waals surface area contributed by atoms with Crippen molar-refractivity contribution in [1.82, 2.24) is 4.98 Å². The standard InChI is InChI=1S/C13H15Br2NO/c1-8-3-2-4-9(5-8)13(17)12-11(15)6-10(14)7-16-12/h6-9H,2-5H2,1H3. The summed E-state index contributed by atoms with van der Waals surface area (Å²) in [5.41, 5.74) is 0.576. The van der Waals surface area contributed by atoms with Crippen LogP contribution in [0.3, 0.4) is 0 Å². The largest absolute Gasteiger partial charge is 0.292 e. The zero-order chi connectivity index (χ0) is 12.4. The molecular formula is C13H15Br2NO. The number of hydrogen-bond acceptors (Lipinski definition) is 2. The van der Waals surface area contributed by atoms with Gasteiger partial charge in [0.2, 0.25) is 0 Å². The molecule has 4 heteroatoms. The number of Topliss-reactive ketones (excluding diaryl/α,β-unsaturated/α-hetero) is 1. The highest BCUT2D eigenvalue weighted by Crippen LogP contribution is 2.32. The van der Waals surface area contributed by atoms with Gasteiger partial charge in [-0.05, 0) is 56.7 Å². The van der Waals surface area contributed by atoms with E-state index in [1.165, 1.54) is 6.42 Å². The number of pyridine rings is 1. The van der Waals surface area contributed by atoms with Crippen molar-refractivity contribution >= 4 is 37.6 Å². The van der Waals surface area contributed by atoms with Crippen LogP contribution in [-0.4, -0.2) is 10.8 Å². The van der Waals surface area contributed by atoms with E-state index in [2.05, 4.69) is 43.8 Å². The zero-order valence-corrected chi connectivity index (χ0v) is 12.9. The Bertz CT molecular complexity index is 433. The van der Waals surface area contributed by atoms with Gasteiger partial charge in [-0.25, -0.2) is 0 Å². The van der Waals surface area contributed by atoms with Gasteiger partial charge in [-0.2, -0.15) is 0 Å². The lowest BCUT2D eigenvalue weighted by atomic mass is 9.79. The molecule has 1 aliphatic rings. The molecule has 0 aromatic carbocycles. The highest BCUT2D eigenvalue weighted by atomic mass is 79.9. The molecule has 0 bridgehead atoms. The fourth-order valence-corrected chi connectivity index (χ4v) is 3.64. The molecule has 0 aliphatic heterocycles. The number of hydrogen-bond donors (Lipinski definition) is 0. The predicted octanol–water partition coefficient (Wildman–Crippen LogP) is 4.62. The van der Waals surface area contributed by atoms with E-state index in [0.29, 0.717) is 11.6 Å². The lowest BCUT2D eigenvalue weighted by molar-refractivity contribution is 0.0862. The molecule has 1 fully saturated rings. The fraction of sp³-hybridized carbons (Fsp3) is 0.538. The van der Waals surface area contributed by atoms with E-state index in [4.69, 9.17) is 0 Å². The summed E-state index contributed by atoms with van der Waals surface area (Å²) in [5, 5.41) is 0. The molecule has 0 radical (unpaired) electrons. The number of rotatable bonds is 2. The number of carbonyl (C=O) groups excluding carboxylic acids is 1. The van der Waals surface area contributed by atoms with E-state index in [1.54, 1.807) is 6.20 Å². The quantitative estimate of drug-likeness (QED) is 0.720. The molecule has 1 saturated carbocycles. The zero-order valence-electron chi connectivity index (χ0n) is 9.75. The smallest absolute Gasteiger partial charge is 0.185 e. The molecule has 1 aliphatic carbocycles. The van der Waals surface area contributed by atoms with Crippen LogP contribution in [-0.2, 0) is 0 Å². The number of nitrogens with zero attached hydrogens (tertiary/aromatic N) is 1. The third-order valence-corrected chi connectivity index (χ3v) is 4.39. The van der Waals surface area contributed by atoms with Gasteiger partial charge in [0.1, 0.15) is 5.69 Å². The molecule has 1 aromatic rings. The summed E-state index contributed by atoms with van der Waals surface area (Å²) in [6, 6.07) is 1.88. The second-order valence-corrected chi connectivity index (χ2v) is 6.59. The van der Waals surface area contributed by atoms with E-state index in [1.807, 2.05) is 6.07 Å². The maximum atomic E-state index is 12.4. The monoisotopic (exact) mass is 359 g/mol. The van der Waals surface area contributed by atoms with Crippen LogP contribution < -0.4 is 0 Å². The van der Waals surface area contributed by atoms with E-state index >= 15 is 0 Å². The van der Waals surface area contributed by atoms with Gasteiger partial charge in [0.05, 0.1) is 0 Å². The second kappa shape index (κ2) is 5.61. The van der Waals surface area contributed by atoms with Crippen molar-refractivity contribution < 1.29 is 4.79 Å². The Hall–Kier alpha value is -0.220. The van der Waals surface area contributed by atoms with Crippen molar-refractivity contribution in [1.29, 1.82) is 0 Å². The summed E-state index contributed by atoms with van der Waals surface area (Å²) in [7, 11) is 0. The van der Waals surface area contributed by atoms with Crippen LogP contribution in [0, 0.1) is 11.8 Å². The molecule has 0 spiro atoms. The van der Waals surface area contributed by atoms with Crippen LogP contribution in [0.25, 0.3) is 0 Å². The lowest BCUT2D eigenvalue weighted by Gasteiger charge is -2.25. The molecule has 0 N–H and O–H groups in total. The topological polar surface area (TPSA) is 30.0 Å². The first-order valence-corrected chi connectivity index (χ1v) is 7.51. The molecule has 17 heavy (non-hydrogen) atoms. The van der Waals surface area contributed by atoms with E-state index in [-0.39, 0.29) is 11.7 Å². The summed E-state index contributed by atoms with van der Waals surface area (Å²) >= 11 is 6.76. The molecule has 2 rings (SSSR count). The Morgan fingerprint density at radius 3 is 2.82 bits per heavy atom. The van der Waals surface area contributed by atoms with Crippen LogP contribution in [0.15, 0.2) is 21.2 Å². The Balaban J connectivity index is 2.18. The Kier molecular flexibility index (Phi) is 4.36. The average molecular weight is 361 g/mol. The number of carbonyl (C=O) groups is 1. The van der Waals surface area contributed by atoms with Crippen LogP contribution >= 0.6 is 31.9 Å². The van der Waals surface area contributed by atoms with Gasteiger partial charge in [-0.15, -0.1) is 0 Å². The van der Waals surface area contributed by atoms with Gasteiger partial charge in [0.15, 0.2) is 5.78 Å². The fourth-order valence-electron chi connectivity index (χ4n) is 2.46.